The lowest BCUT2D eigenvalue weighted by atomic mass is 10.3. The van der Waals surface area contributed by atoms with Crippen molar-refractivity contribution in [3.05, 3.63) is 17.6 Å². The molecule has 1 fully saturated rings. The van der Waals surface area contributed by atoms with E-state index in [0.29, 0.717) is 30.7 Å². The lowest BCUT2D eigenvalue weighted by molar-refractivity contribution is 0.456. The lowest BCUT2D eigenvalue weighted by Gasteiger charge is -2.04. The Bertz CT molecular complexity index is 533. The highest BCUT2D eigenvalue weighted by Gasteiger charge is 2.23. The summed E-state index contributed by atoms with van der Waals surface area (Å²) >= 11 is 0. The van der Waals surface area contributed by atoms with E-state index in [1.807, 2.05) is 0 Å². The average molecular weight is 300 g/mol. The number of hydrogen-bond donors (Lipinski definition) is 2. The zero-order valence-electron chi connectivity index (χ0n) is 12.2. The minimum absolute atomic E-state index is 0.265. The quantitative estimate of drug-likeness (QED) is 0.687. The Hall–Kier alpha value is -0.850. The maximum absolute atomic E-state index is 12.2. The van der Waals surface area contributed by atoms with Gasteiger partial charge in [-0.2, -0.15) is 0 Å². The van der Waals surface area contributed by atoms with E-state index in [4.69, 9.17) is 4.42 Å². The summed E-state index contributed by atoms with van der Waals surface area (Å²) in [5.41, 5.74) is 0. The minimum atomic E-state index is -3.45. The number of rotatable bonds is 9. The smallest absolute Gasteiger partial charge is 0.244 e. The van der Waals surface area contributed by atoms with Crippen molar-refractivity contribution in [2.75, 3.05) is 6.54 Å². The summed E-state index contributed by atoms with van der Waals surface area (Å²) in [4.78, 5) is 0.265. The number of hydrogen-bond acceptors (Lipinski definition) is 4. The van der Waals surface area contributed by atoms with Crippen LogP contribution in [0.3, 0.4) is 0 Å². The number of sulfonamides is 1. The molecule has 2 N–H and O–H groups in total. The van der Waals surface area contributed by atoms with Crippen molar-refractivity contribution in [3.8, 4) is 0 Å². The fourth-order valence-electron chi connectivity index (χ4n) is 2.07. The first-order valence-corrected chi connectivity index (χ1v) is 8.83. The molecule has 1 aromatic rings. The molecule has 0 saturated heterocycles. The molecule has 20 heavy (non-hydrogen) atoms. The van der Waals surface area contributed by atoms with Gasteiger partial charge >= 0.3 is 0 Å². The van der Waals surface area contributed by atoms with Crippen molar-refractivity contribution in [1.29, 1.82) is 0 Å². The van der Waals surface area contributed by atoms with Gasteiger partial charge in [-0.25, -0.2) is 13.1 Å². The second kappa shape index (κ2) is 6.74. The van der Waals surface area contributed by atoms with E-state index < -0.39 is 10.0 Å². The molecule has 6 heteroatoms. The van der Waals surface area contributed by atoms with E-state index >= 15 is 0 Å². The topological polar surface area (TPSA) is 71.3 Å². The van der Waals surface area contributed by atoms with Crippen LogP contribution in [0.25, 0.3) is 0 Å². The zero-order valence-corrected chi connectivity index (χ0v) is 13.1. The molecule has 1 saturated carbocycles. The molecule has 0 atom stereocenters. The minimum Gasteiger partial charge on any atom is -0.464 e. The standard InChI is InChI=1S/C14H24N2O3S/c1-3-4-5-8-16-20(17,18)14-9-13(19-11(14)2)10-15-12-6-7-12/h9,12,15-16H,3-8,10H2,1-2H3. The summed E-state index contributed by atoms with van der Waals surface area (Å²) < 4.78 is 32.5. The second-order valence-corrected chi connectivity index (χ2v) is 7.13. The van der Waals surface area contributed by atoms with E-state index in [0.717, 1.165) is 19.3 Å². The van der Waals surface area contributed by atoms with Crippen LogP contribution in [-0.4, -0.2) is 21.0 Å². The van der Waals surface area contributed by atoms with Crippen molar-refractivity contribution in [3.63, 3.8) is 0 Å². The number of aryl methyl sites for hydroxylation is 1. The molecule has 0 spiro atoms. The first kappa shape index (κ1) is 15.5. The monoisotopic (exact) mass is 300 g/mol. The largest absolute Gasteiger partial charge is 0.464 e. The Labute approximate surface area is 121 Å². The van der Waals surface area contributed by atoms with E-state index in [2.05, 4.69) is 17.0 Å². The van der Waals surface area contributed by atoms with Crippen LogP contribution in [0.15, 0.2) is 15.4 Å². The molecule has 2 rings (SSSR count). The maximum Gasteiger partial charge on any atom is 0.244 e. The summed E-state index contributed by atoms with van der Waals surface area (Å²) in [6.45, 7) is 4.86. The van der Waals surface area contributed by atoms with Crippen LogP contribution in [0.5, 0.6) is 0 Å². The number of nitrogens with one attached hydrogen (secondary N) is 2. The van der Waals surface area contributed by atoms with E-state index in [1.54, 1.807) is 13.0 Å². The first-order chi connectivity index (χ1) is 9.53. The predicted octanol–water partition coefficient (Wildman–Crippen LogP) is 2.31. The number of unbranched alkanes of at least 4 members (excludes halogenated alkanes) is 2. The third kappa shape index (κ3) is 4.33. The average Bonchev–Trinajstić information content (AvgIpc) is 3.15. The van der Waals surface area contributed by atoms with Gasteiger partial charge in [0.2, 0.25) is 10.0 Å². The highest BCUT2D eigenvalue weighted by Crippen LogP contribution is 2.22. The highest BCUT2D eigenvalue weighted by molar-refractivity contribution is 7.89. The molecule has 0 aromatic carbocycles. The van der Waals surface area contributed by atoms with Crippen molar-refractivity contribution >= 4 is 10.0 Å². The van der Waals surface area contributed by atoms with Gasteiger partial charge in [0, 0.05) is 18.7 Å². The van der Waals surface area contributed by atoms with Crippen LogP contribution in [0.4, 0.5) is 0 Å². The van der Waals surface area contributed by atoms with Crippen LogP contribution in [0.1, 0.15) is 50.5 Å². The first-order valence-electron chi connectivity index (χ1n) is 7.35. The molecule has 1 aromatic heterocycles. The van der Waals surface area contributed by atoms with E-state index in [9.17, 15) is 8.42 Å². The van der Waals surface area contributed by atoms with Gasteiger partial charge in [-0.3, -0.25) is 0 Å². The van der Waals surface area contributed by atoms with Crippen LogP contribution < -0.4 is 10.0 Å². The Balaban J connectivity index is 1.94. The molecule has 0 amide bonds. The van der Waals surface area contributed by atoms with Crippen molar-refractivity contribution < 1.29 is 12.8 Å². The van der Waals surface area contributed by atoms with Gasteiger partial charge in [0.25, 0.3) is 0 Å². The Morgan fingerprint density at radius 1 is 1.35 bits per heavy atom. The van der Waals surface area contributed by atoms with Gasteiger partial charge in [0.05, 0.1) is 6.54 Å². The van der Waals surface area contributed by atoms with Crippen LogP contribution in [0.2, 0.25) is 0 Å². The SMILES string of the molecule is CCCCCNS(=O)(=O)c1cc(CNC2CC2)oc1C. The fraction of sp³-hybridized carbons (Fsp3) is 0.714. The predicted molar refractivity (Wildman–Crippen MR) is 78.0 cm³/mol. The number of furan rings is 1. The molecule has 0 radical (unpaired) electrons. The summed E-state index contributed by atoms with van der Waals surface area (Å²) in [5.74, 6) is 1.14. The molecule has 0 unspecified atom stereocenters. The molecule has 0 aliphatic heterocycles. The van der Waals surface area contributed by atoms with Gasteiger partial charge in [-0.05, 0) is 26.2 Å². The Morgan fingerprint density at radius 3 is 2.75 bits per heavy atom. The third-order valence-electron chi connectivity index (χ3n) is 3.43. The summed E-state index contributed by atoms with van der Waals surface area (Å²) in [7, 11) is -3.45. The molecule has 1 heterocycles. The molecule has 1 aliphatic carbocycles. The van der Waals surface area contributed by atoms with Crippen LogP contribution in [0, 0.1) is 6.92 Å². The Kier molecular flexibility index (Phi) is 5.23. The van der Waals surface area contributed by atoms with Crippen LogP contribution >= 0.6 is 0 Å². The lowest BCUT2D eigenvalue weighted by Crippen LogP contribution is -2.25. The third-order valence-corrected chi connectivity index (χ3v) is 5.00. The molecule has 1 aliphatic rings. The van der Waals surface area contributed by atoms with Gasteiger partial charge in [-0.15, -0.1) is 0 Å². The Morgan fingerprint density at radius 2 is 2.10 bits per heavy atom. The van der Waals surface area contributed by atoms with Crippen molar-refractivity contribution in [2.24, 2.45) is 0 Å². The summed E-state index contributed by atoms with van der Waals surface area (Å²) in [6, 6.07) is 2.21. The van der Waals surface area contributed by atoms with Crippen LogP contribution in [-0.2, 0) is 16.6 Å². The maximum atomic E-state index is 12.2. The summed E-state index contributed by atoms with van der Waals surface area (Å²) in [5, 5.41) is 3.32. The second-order valence-electron chi connectivity index (χ2n) is 5.39. The van der Waals surface area contributed by atoms with Gasteiger partial charge in [-0.1, -0.05) is 19.8 Å². The normalized spacial score (nSPS) is 15.7. The highest BCUT2D eigenvalue weighted by atomic mass is 32.2. The van der Waals surface area contributed by atoms with Gasteiger partial charge in [0.15, 0.2) is 0 Å². The molecular weight excluding hydrogens is 276 g/mol. The van der Waals surface area contributed by atoms with E-state index in [1.165, 1.54) is 12.8 Å². The molecule has 5 nitrogen and oxygen atoms in total. The molecule has 114 valence electrons. The van der Waals surface area contributed by atoms with Gasteiger partial charge in [0.1, 0.15) is 16.4 Å². The zero-order chi connectivity index (χ0) is 14.6. The fourth-order valence-corrected chi connectivity index (χ4v) is 3.35. The van der Waals surface area contributed by atoms with Crippen molar-refractivity contribution in [2.45, 2.75) is 63.4 Å². The van der Waals surface area contributed by atoms with Crippen molar-refractivity contribution in [1.82, 2.24) is 10.0 Å². The van der Waals surface area contributed by atoms with E-state index in [-0.39, 0.29) is 4.90 Å². The molecule has 0 bridgehead atoms. The summed E-state index contributed by atoms with van der Waals surface area (Å²) in [6.07, 6.45) is 5.36. The van der Waals surface area contributed by atoms with Gasteiger partial charge < -0.3 is 9.73 Å². The molecular formula is C14H24N2O3S.